The van der Waals surface area contributed by atoms with Crippen LogP contribution in [0.4, 0.5) is 0 Å². The second-order valence-electron chi connectivity index (χ2n) is 5.35. The van der Waals surface area contributed by atoms with E-state index < -0.39 is 0 Å². The predicted octanol–water partition coefficient (Wildman–Crippen LogP) is 2.01. The van der Waals surface area contributed by atoms with Crippen LogP contribution in [0.15, 0.2) is 12.1 Å². The molecule has 114 valence electrons. The Hall–Kier alpha value is -1.33. The molecule has 0 aromatic carbocycles. The topological polar surface area (TPSA) is 57.4 Å². The minimum Gasteiger partial charge on any atom is -0.464 e. The highest BCUT2D eigenvalue weighted by Gasteiger charge is 2.07. The van der Waals surface area contributed by atoms with Gasteiger partial charge >= 0.3 is 5.97 Å². The second kappa shape index (κ2) is 8.76. The molecule has 20 heavy (non-hydrogen) atoms. The lowest BCUT2D eigenvalue weighted by Gasteiger charge is -2.20. The minimum absolute atomic E-state index is 0.326. The third kappa shape index (κ3) is 5.75. The van der Waals surface area contributed by atoms with Gasteiger partial charge in [-0.3, -0.25) is 0 Å². The molecule has 0 aliphatic carbocycles. The Balaban J connectivity index is 2.12. The monoisotopic (exact) mass is 281 g/mol. The van der Waals surface area contributed by atoms with Crippen molar-refractivity contribution >= 4 is 5.97 Å². The molecule has 0 unspecified atom stereocenters. The number of rotatable bonds is 9. The van der Waals surface area contributed by atoms with E-state index in [1.165, 1.54) is 13.5 Å². The van der Waals surface area contributed by atoms with Crippen molar-refractivity contribution in [2.24, 2.45) is 0 Å². The van der Waals surface area contributed by atoms with Crippen LogP contribution in [0.3, 0.4) is 0 Å². The largest absolute Gasteiger partial charge is 0.464 e. The Morgan fingerprint density at radius 1 is 1.40 bits per heavy atom. The van der Waals surface area contributed by atoms with Crippen molar-refractivity contribution in [1.82, 2.24) is 15.2 Å². The average molecular weight is 281 g/mol. The zero-order valence-corrected chi connectivity index (χ0v) is 13.0. The normalized spacial score (nSPS) is 11.3. The van der Waals surface area contributed by atoms with Gasteiger partial charge in [-0.25, -0.2) is 4.79 Å². The fraction of sp³-hybridized carbons (Fsp3) is 0.667. The molecule has 0 atom stereocenters. The number of carbonyl (C=O) groups is 1. The molecule has 5 nitrogen and oxygen atoms in total. The summed E-state index contributed by atoms with van der Waals surface area (Å²) in [5.74, 6) is -0.326. The molecule has 1 heterocycles. The first-order valence-electron chi connectivity index (χ1n) is 7.21. The van der Waals surface area contributed by atoms with Crippen molar-refractivity contribution in [3.8, 4) is 0 Å². The molecule has 0 amide bonds. The van der Waals surface area contributed by atoms with Crippen LogP contribution in [0.1, 0.15) is 42.9 Å². The minimum atomic E-state index is -0.326. The van der Waals surface area contributed by atoms with Crippen molar-refractivity contribution in [2.45, 2.75) is 39.3 Å². The summed E-state index contributed by atoms with van der Waals surface area (Å²) >= 11 is 0. The molecule has 0 radical (unpaired) electrons. The molecule has 0 aliphatic rings. The van der Waals surface area contributed by atoms with Gasteiger partial charge < -0.3 is 19.9 Å². The number of nitrogens with one attached hydrogen (secondary N) is 2. The van der Waals surface area contributed by atoms with E-state index in [4.69, 9.17) is 0 Å². The number of esters is 1. The second-order valence-corrected chi connectivity index (χ2v) is 5.35. The van der Waals surface area contributed by atoms with Crippen molar-refractivity contribution in [3.63, 3.8) is 0 Å². The number of nitrogens with zero attached hydrogens (tertiary/aromatic N) is 1. The number of ether oxygens (including phenoxy) is 1. The Labute approximate surface area is 121 Å². The van der Waals surface area contributed by atoms with E-state index in [2.05, 4.69) is 40.8 Å². The third-order valence-electron chi connectivity index (χ3n) is 3.46. The van der Waals surface area contributed by atoms with E-state index in [1.807, 2.05) is 6.07 Å². The summed E-state index contributed by atoms with van der Waals surface area (Å²) in [6.45, 7) is 7.29. The molecule has 2 N–H and O–H groups in total. The maximum atomic E-state index is 11.3. The quantitative estimate of drug-likeness (QED) is 0.537. The highest BCUT2D eigenvalue weighted by atomic mass is 16.5. The number of unbranched alkanes of at least 4 members (excludes halogenated alkanes) is 1. The van der Waals surface area contributed by atoms with Crippen molar-refractivity contribution in [3.05, 3.63) is 23.5 Å². The van der Waals surface area contributed by atoms with Gasteiger partial charge in [-0.05, 0) is 59.0 Å². The Kier molecular flexibility index (Phi) is 7.33. The maximum absolute atomic E-state index is 11.3. The van der Waals surface area contributed by atoms with Gasteiger partial charge in [0.15, 0.2) is 0 Å². The number of aromatic nitrogens is 1. The highest BCUT2D eigenvalue weighted by molar-refractivity contribution is 5.87. The van der Waals surface area contributed by atoms with E-state index >= 15 is 0 Å². The lowest BCUT2D eigenvalue weighted by Crippen LogP contribution is -2.27. The van der Waals surface area contributed by atoms with Crippen LogP contribution in [0.5, 0.6) is 0 Å². The molecule has 0 spiro atoms. The summed E-state index contributed by atoms with van der Waals surface area (Å²) in [6.07, 6.45) is 2.35. The smallest absolute Gasteiger partial charge is 0.354 e. The van der Waals surface area contributed by atoms with E-state index in [1.54, 1.807) is 6.07 Å². The zero-order valence-electron chi connectivity index (χ0n) is 13.0. The number of hydrogen-bond acceptors (Lipinski definition) is 4. The third-order valence-corrected chi connectivity index (χ3v) is 3.46. The average Bonchev–Trinajstić information content (AvgIpc) is 2.90. The fourth-order valence-electron chi connectivity index (χ4n) is 1.86. The van der Waals surface area contributed by atoms with Gasteiger partial charge in [-0.1, -0.05) is 0 Å². The van der Waals surface area contributed by atoms with Gasteiger partial charge in [0.25, 0.3) is 0 Å². The summed E-state index contributed by atoms with van der Waals surface area (Å²) in [4.78, 5) is 16.7. The number of hydrogen-bond donors (Lipinski definition) is 2. The Morgan fingerprint density at radius 2 is 2.15 bits per heavy atom. The van der Waals surface area contributed by atoms with Gasteiger partial charge in [0, 0.05) is 18.3 Å². The van der Waals surface area contributed by atoms with E-state index in [0.29, 0.717) is 11.7 Å². The molecule has 0 saturated heterocycles. The number of aromatic amines is 1. The molecule has 0 saturated carbocycles. The van der Waals surface area contributed by atoms with Crippen LogP contribution < -0.4 is 5.32 Å². The molecule has 0 bridgehead atoms. The molecule has 0 aliphatic heterocycles. The summed E-state index contributed by atoms with van der Waals surface area (Å²) in [7, 11) is 3.54. The number of methoxy groups -OCH3 is 1. The molecule has 1 aromatic rings. The first-order chi connectivity index (χ1) is 9.54. The lowest BCUT2D eigenvalue weighted by atomic mass is 10.2. The van der Waals surface area contributed by atoms with Crippen molar-refractivity contribution < 1.29 is 9.53 Å². The van der Waals surface area contributed by atoms with Gasteiger partial charge in [0.2, 0.25) is 0 Å². The molecule has 5 heteroatoms. The summed E-state index contributed by atoms with van der Waals surface area (Å²) in [6, 6.07) is 4.27. The molecule has 1 rings (SSSR count). The predicted molar refractivity (Wildman–Crippen MR) is 80.8 cm³/mol. The van der Waals surface area contributed by atoms with Crippen molar-refractivity contribution in [2.75, 3.05) is 27.2 Å². The first-order valence-corrected chi connectivity index (χ1v) is 7.21. The van der Waals surface area contributed by atoms with Crippen LogP contribution in [0.25, 0.3) is 0 Å². The van der Waals surface area contributed by atoms with E-state index in [0.717, 1.165) is 31.7 Å². The summed E-state index contributed by atoms with van der Waals surface area (Å²) in [5, 5.41) is 3.37. The SMILES string of the molecule is COC(=O)c1ccc(CNCCCCN(C)C(C)C)[nH]1. The highest BCUT2D eigenvalue weighted by Crippen LogP contribution is 2.03. The van der Waals surface area contributed by atoms with Gasteiger partial charge in [-0.2, -0.15) is 0 Å². The molecular formula is C15H27N3O2. The van der Waals surface area contributed by atoms with Crippen molar-refractivity contribution in [1.29, 1.82) is 0 Å². The Bertz CT molecular complexity index is 402. The zero-order chi connectivity index (χ0) is 15.0. The molecular weight excluding hydrogens is 254 g/mol. The van der Waals surface area contributed by atoms with Gasteiger partial charge in [0.1, 0.15) is 5.69 Å². The number of H-pyrrole nitrogens is 1. The summed E-state index contributed by atoms with van der Waals surface area (Å²) < 4.78 is 4.65. The van der Waals surface area contributed by atoms with E-state index in [-0.39, 0.29) is 5.97 Å². The van der Waals surface area contributed by atoms with E-state index in [9.17, 15) is 4.79 Å². The standard InChI is InChI=1S/C15H27N3O2/c1-12(2)18(3)10-6-5-9-16-11-13-7-8-14(17-13)15(19)20-4/h7-8,12,16-17H,5-6,9-11H2,1-4H3. The van der Waals surface area contributed by atoms with Crippen LogP contribution in [-0.2, 0) is 11.3 Å². The van der Waals surface area contributed by atoms with Gasteiger partial charge in [0.05, 0.1) is 7.11 Å². The number of carbonyl (C=O) groups excluding carboxylic acids is 1. The molecule has 1 aromatic heterocycles. The van der Waals surface area contributed by atoms with Crippen LogP contribution >= 0.6 is 0 Å². The summed E-state index contributed by atoms with van der Waals surface area (Å²) in [5.41, 5.74) is 1.51. The lowest BCUT2D eigenvalue weighted by molar-refractivity contribution is 0.0594. The Morgan fingerprint density at radius 3 is 2.80 bits per heavy atom. The van der Waals surface area contributed by atoms with Crippen LogP contribution in [0, 0.1) is 0 Å². The van der Waals surface area contributed by atoms with Gasteiger partial charge in [-0.15, -0.1) is 0 Å². The van der Waals surface area contributed by atoms with Crippen LogP contribution in [-0.4, -0.2) is 49.1 Å². The molecule has 0 fully saturated rings. The maximum Gasteiger partial charge on any atom is 0.354 e. The fourth-order valence-corrected chi connectivity index (χ4v) is 1.86. The van der Waals surface area contributed by atoms with Crippen LogP contribution in [0.2, 0.25) is 0 Å². The first kappa shape index (κ1) is 16.7.